The lowest BCUT2D eigenvalue weighted by molar-refractivity contribution is 0.0688. The third-order valence-electron chi connectivity index (χ3n) is 4.96. The third kappa shape index (κ3) is 2.32. The second kappa shape index (κ2) is 5.35. The lowest BCUT2D eigenvalue weighted by atomic mass is 10.0. The van der Waals surface area contributed by atoms with Gasteiger partial charge in [-0.3, -0.25) is 4.90 Å². The average Bonchev–Trinajstić information content (AvgIpc) is 2.83. The van der Waals surface area contributed by atoms with Crippen molar-refractivity contribution in [1.82, 2.24) is 15.1 Å². The maximum absolute atomic E-state index is 5.79. The van der Waals surface area contributed by atoms with Gasteiger partial charge in [-0.2, -0.15) is 0 Å². The minimum atomic E-state index is 0.558. The Balaban J connectivity index is 1.32. The van der Waals surface area contributed by atoms with Crippen LogP contribution >= 0.6 is 0 Å². The molecule has 0 spiro atoms. The highest BCUT2D eigenvalue weighted by molar-refractivity contribution is 5.39. The zero-order valence-electron chi connectivity index (χ0n) is 11.9. The molecule has 4 rings (SSSR count). The number of fused-ring (bicyclic) bond motifs is 1. The van der Waals surface area contributed by atoms with Crippen molar-refractivity contribution < 1.29 is 4.74 Å². The van der Waals surface area contributed by atoms with Gasteiger partial charge in [-0.1, -0.05) is 18.2 Å². The molecule has 3 heterocycles. The van der Waals surface area contributed by atoms with E-state index in [1.54, 1.807) is 0 Å². The second-order valence-corrected chi connectivity index (χ2v) is 6.19. The van der Waals surface area contributed by atoms with Crippen LogP contribution in [0.15, 0.2) is 24.3 Å². The van der Waals surface area contributed by atoms with E-state index in [4.69, 9.17) is 4.74 Å². The molecule has 1 aromatic carbocycles. The fourth-order valence-corrected chi connectivity index (χ4v) is 3.53. The fraction of sp³-hybridized carbons (Fsp3) is 0.625. The first kappa shape index (κ1) is 12.6. The number of rotatable bonds is 3. The summed E-state index contributed by atoms with van der Waals surface area (Å²) in [4.78, 5) is 5.25. The highest BCUT2D eigenvalue weighted by atomic mass is 16.5. The van der Waals surface area contributed by atoms with Gasteiger partial charge in [0, 0.05) is 63.3 Å². The number of piperazine rings is 1. The van der Waals surface area contributed by atoms with E-state index in [0.29, 0.717) is 5.92 Å². The molecule has 4 heteroatoms. The predicted molar refractivity (Wildman–Crippen MR) is 79.3 cm³/mol. The summed E-state index contributed by atoms with van der Waals surface area (Å²) in [5, 5.41) is 3.37. The van der Waals surface area contributed by atoms with E-state index >= 15 is 0 Å². The zero-order chi connectivity index (χ0) is 13.4. The van der Waals surface area contributed by atoms with Crippen LogP contribution in [0.5, 0.6) is 5.75 Å². The molecule has 1 N–H and O–H groups in total. The molecule has 1 unspecified atom stereocenters. The lowest BCUT2D eigenvalue weighted by Gasteiger charge is -2.43. The van der Waals surface area contributed by atoms with Crippen molar-refractivity contribution in [3.05, 3.63) is 29.8 Å². The molecule has 108 valence electrons. The summed E-state index contributed by atoms with van der Waals surface area (Å²) in [5.74, 6) is 1.65. The number of hydrogen-bond acceptors (Lipinski definition) is 4. The molecule has 0 radical (unpaired) electrons. The topological polar surface area (TPSA) is 27.7 Å². The lowest BCUT2D eigenvalue weighted by Crippen LogP contribution is -2.61. The van der Waals surface area contributed by atoms with Gasteiger partial charge in [-0.15, -0.1) is 0 Å². The summed E-state index contributed by atoms with van der Waals surface area (Å²) >= 11 is 0. The van der Waals surface area contributed by atoms with Crippen molar-refractivity contribution in [3.63, 3.8) is 0 Å². The van der Waals surface area contributed by atoms with Gasteiger partial charge >= 0.3 is 0 Å². The van der Waals surface area contributed by atoms with E-state index in [1.165, 1.54) is 44.8 Å². The molecule has 0 aliphatic carbocycles. The van der Waals surface area contributed by atoms with E-state index in [-0.39, 0.29) is 0 Å². The van der Waals surface area contributed by atoms with Gasteiger partial charge in [0.25, 0.3) is 0 Å². The molecule has 20 heavy (non-hydrogen) atoms. The van der Waals surface area contributed by atoms with Crippen LogP contribution in [0.2, 0.25) is 0 Å². The molecule has 3 aliphatic rings. The van der Waals surface area contributed by atoms with Gasteiger partial charge in [-0.25, -0.2) is 0 Å². The van der Waals surface area contributed by atoms with E-state index in [9.17, 15) is 0 Å². The van der Waals surface area contributed by atoms with E-state index in [0.717, 1.165) is 24.9 Å². The third-order valence-corrected chi connectivity index (χ3v) is 4.96. The number of ether oxygens (including phenoxy) is 1. The Kier molecular flexibility index (Phi) is 3.38. The van der Waals surface area contributed by atoms with Crippen LogP contribution in [0.4, 0.5) is 0 Å². The standard InChI is InChI=1S/C16H23N3O/c1-2-4-16-15(3-1)13(12-20-16)11-18-5-7-19(8-6-18)14-9-17-10-14/h1-4,13-14,17H,5-12H2. The van der Waals surface area contributed by atoms with E-state index in [2.05, 4.69) is 39.4 Å². The van der Waals surface area contributed by atoms with Crippen molar-refractivity contribution in [3.8, 4) is 5.75 Å². The normalized spacial score (nSPS) is 27.9. The molecule has 0 aromatic heterocycles. The fourth-order valence-electron chi connectivity index (χ4n) is 3.53. The van der Waals surface area contributed by atoms with Crippen LogP contribution in [-0.4, -0.2) is 68.3 Å². The summed E-state index contributed by atoms with van der Waals surface area (Å²) in [5.41, 5.74) is 1.40. The van der Waals surface area contributed by atoms with Crippen molar-refractivity contribution >= 4 is 0 Å². The van der Waals surface area contributed by atoms with Gasteiger partial charge in [0.05, 0.1) is 6.61 Å². The Morgan fingerprint density at radius 1 is 1.10 bits per heavy atom. The molecular formula is C16H23N3O. The molecule has 4 nitrogen and oxygen atoms in total. The van der Waals surface area contributed by atoms with Gasteiger partial charge in [-0.05, 0) is 6.07 Å². The maximum atomic E-state index is 5.79. The first-order chi connectivity index (χ1) is 9.90. The SMILES string of the molecule is c1ccc2c(c1)OCC2CN1CCN(C2CNC2)CC1. The first-order valence-electron chi connectivity index (χ1n) is 7.79. The van der Waals surface area contributed by atoms with Crippen LogP contribution < -0.4 is 10.1 Å². The summed E-state index contributed by atoms with van der Waals surface area (Å²) in [6.07, 6.45) is 0. The van der Waals surface area contributed by atoms with Crippen LogP contribution in [0.25, 0.3) is 0 Å². The van der Waals surface area contributed by atoms with Crippen molar-refractivity contribution in [2.75, 3.05) is 52.4 Å². The maximum Gasteiger partial charge on any atom is 0.122 e. The Hall–Kier alpha value is -1.10. The molecule has 2 fully saturated rings. The summed E-state index contributed by atoms with van der Waals surface area (Å²) in [6, 6.07) is 9.31. The summed E-state index contributed by atoms with van der Waals surface area (Å²) in [7, 11) is 0. The van der Waals surface area contributed by atoms with Crippen LogP contribution in [-0.2, 0) is 0 Å². The Bertz CT molecular complexity index is 467. The number of nitrogens with zero attached hydrogens (tertiary/aromatic N) is 2. The van der Waals surface area contributed by atoms with Gasteiger partial charge < -0.3 is 15.0 Å². The van der Waals surface area contributed by atoms with Crippen LogP contribution in [0.3, 0.4) is 0 Å². The molecule has 0 amide bonds. The predicted octanol–water partition coefficient (Wildman–Crippen LogP) is 0.752. The average molecular weight is 273 g/mol. The number of benzene rings is 1. The largest absolute Gasteiger partial charge is 0.493 e. The smallest absolute Gasteiger partial charge is 0.122 e. The molecule has 3 aliphatic heterocycles. The minimum Gasteiger partial charge on any atom is -0.493 e. The second-order valence-electron chi connectivity index (χ2n) is 6.19. The molecular weight excluding hydrogens is 250 g/mol. The highest BCUT2D eigenvalue weighted by Crippen LogP contribution is 2.34. The Labute approximate surface area is 120 Å². The van der Waals surface area contributed by atoms with Gasteiger partial charge in [0.2, 0.25) is 0 Å². The van der Waals surface area contributed by atoms with Gasteiger partial charge in [0.1, 0.15) is 5.75 Å². The van der Waals surface area contributed by atoms with Gasteiger partial charge in [0.15, 0.2) is 0 Å². The van der Waals surface area contributed by atoms with Crippen LogP contribution in [0, 0.1) is 0 Å². The zero-order valence-corrected chi connectivity index (χ0v) is 11.9. The van der Waals surface area contributed by atoms with Crippen molar-refractivity contribution in [1.29, 1.82) is 0 Å². The summed E-state index contributed by atoms with van der Waals surface area (Å²) < 4.78 is 5.79. The minimum absolute atomic E-state index is 0.558. The monoisotopic (exact) mass is 273 g/mol. The van der Waals surface area contributed by atoms with E-state index < -0.39 is 0 Å². The number of hydrogen-bond donors (Lipinski definition) is 1. The van der Waals surface area contributed by atoms with Crippen molar-refractivity contribution in [2.45, 2.75) is 12.0 Å². The molecule has 2 saturated heterocycles. The molecule has 1 atom stereocenters. The molecule has 0 bridgehead atoms. The highest BCUT2D eigenvalue weighted by Gasteiger charge is 2.30. The number of para-hydroxylation sites is 1. The first-order valence-corrected chi connectivity index (χ1v) is 7.79. The Morgan fingerprint density at radius 3 is 2.65 bits per heavy atom. The summed E-state index contributed by atoms with van der Waals surface area (Å²) in [6.45, 7) is 9.22. The Morgan fingerprint density at radius 2 is 1.90 bits per heavy atom. The van der Waals surface area contributed by atoms with Crippen LogP contribution in [0.1, 0.15) is 11.5 Å². The molecule has 0 saturated carbocycles. The van der Waals surface area contributed by atoms with E-state index in [1.807, 2.05) is 0 Å². The van der Waals surface area contributed by atoms with Crippen molar-refractivity contribution in [2.24, 2.45) is 0 Å². The number of nitrogens with one attached hydrogen (secondary N) is 1. The molecule has 1 aromatic rings. The quantitative estimate of drug-likeness (QED) is 0.880.